The standard InChI is InChI=1S/C11H23N3O2S/c1-17(15,16)14-8-6-13(7-9-14)10-11-2-4-12-5-3-11/h11-12H,2-10H2,1H3. The van der Waals surface area contributed by atoms with Crippen molar-refractivity contribution in [3.05, 3.63) is 0 Å². The van der Waals surface area contributed by atoms with Gasteiger partial charge in [0.25, 0.3) is 0 Å². The van der Waals surface area contributed by atoms with Gasteiger partial charge in [-0.05, 0) is 31.8 Å². The SMILES string of the molecule is CS(=O)(=O)N1CCN(CC2CCNCC2)CC1. The van der Waals surface area contributed by atoms with Gasteiger partial charge >= 0.3 is 0 Å². The molecular formula is C11H23N3O2S. The Labute approximate surface area is 104 Å². The number of piperidine rings is 1. The molecular weight excluding hydrogens is 238 g/mol. The van der Waals surface area contributed by atoms with Gasteiger partial charge in [0, 0.05) is 32.7 Å². The Morgan fingerprint density at radius 3 is 2.24 bits per heavy atom. The van der Waals surface area contributed by atoms with Crippen molar-refractivity contribution in [1.82, 2.24) is 14.5 Å². The number of sulfonamides is 1. The summed E-state index contributed by atoms with van der Waals surface area (Å²) in [5, 5.41) is 3.37. The molecule has 0 aliphatic carbocycles. The topological polar surface area (TPSA) is 52.7 Å². The molecule has 17 heavy (non-hydrogen) atoms. The first kappa shape index (κ1) is 13.3. The molecule has 0 atom stereocenters. The highest BCUT2D eigenvalue weighted by molar-refractivity contribution is 7.88. The fourth-order valence-electron chi connectivity index (χ4n) is 2.67. The van der Waals surface area contributed by atoms with Gasteiger partial charge in [0.2, 0.25) is 10.0 Å². The molecule has 0 saturated carbocycles. The third-order valence-corrected chi connectivity index (χ3v) is 5.08. The summed E-state index contributed by atoms with van der Waals surface area (Å²) in [6.45, 7) is 6.49. The van der Waals surface area contributed by atoms with Crippen LogP contribution in [0.4, 0.5) is 0 Å². The first-order chi connectivity index (χ1) is 8.05. The molecule has 2 saturated heterocycles. The molecule has 0 spiro atoms. The highest BCUT2D eigenvalue weighted by Crippen LogP contribution is 2.15. The van der Waals surface area contributed by atoms with E-state index in [0.717, 1.165) is 38.6 Å². The monoisotopic (exact) mass is 261 g/mol. The molecule has 0 aromatic heterocycles. The minimum atomic E-state index is -2.99. The maximum absolute atomic E-state index is 11.4. The lowest BCUT2D eigenvalue weighted by Crippen LogP contribution is -2.50. The molecule has 2 aliphatic heterocycles. The Kier molecular flexibility index (Phi) is 4.41. The summed E-state index contributed by atoms with van der Waals surface area (Å²) in [6.07, 6.45) is 3.81. The summed E-state index contributed by atoms with van der Waals surface area (Å²) in [5.41, 5.74) is 0. The van der Waals surface area contributed by atoms with Crippen LogP contribution in [0.2, 0.25) is 0 Å². The van der Waals surface area contributed by atoms with Crippen LogP contribution in [0.3, 0.4) is 0 Å². The summed E-state index contributed by atoms with van der Waals surface area (Å²) < 4.78 is 24.4. The van der Waals surface area contributed by atoms with E-state index in [4.69, 9.17) is 0 Å². The number of nitrogens with one attached hydrogen (secondary N) is 1. The molecule has 0 unspecified atom stereocenters. The maximum Gasteiger partial charge on any atom is 0.211 e. The van der Waals surface area contributed by atoms with Gasteiger partial charge in [0.05, 0.1) is 6.26 Å². The van der Waals surface area contributed by atoms with E-state index in [9.17, 15) is 8.42 Å². The van der Waals surface area contributed by atoms with Gasteiger partial charge < -0.3 is 10.2 Å². The highest BCUT2D eigenvalue weighted by atomic mass is 32.2. The van der Waals surface area contributed by atoms with Gasteiger partial charge in [0.1, 0.15) is 0 Å². The predicted octanol–water partition coefficient (Wildman–Crippen LogP) is -0.437. The second kappa shape index (κ2) is 5.65. The van der Waals surface area contributed by atoms with Crippen molar-refractivity contribution < 1.29 is 8.42 Å². The van der Waals surface area contributed by atoms with E-state index < -0.39 is 10.0 Å². The maximum atomic E-state index is 11.4. The molecule has 2 fully saturated rings. The van der Waals surface area contributed by atoms with Gasteiger partial charge in [-0.25, -0.2) is 8.42 Å². The van der Waals surface area contributed by atoms with E-state index >= 15 is 0 Å². The van der Waals surface area contributed by atoms with Crippen LogP contribution in [0.15, 0.2) is 0 Å². The normalized spacial score (nSPS) is 26.2. The van der Waals surface area contributed by atoms with Crippen molar-refractivity contribution in [2.75, 3.05) is 52.1 Å². The summed E-state index contributed by atoms with van der Waals surface area (Å²) in [7, 11) is -2.99. The number of nitrogens with zero attached hydrogens (tertiary/aromatic N) is 2. The smallest absolute Gasteiger partial charge is 0.211 e. The van der Waals surface area contributed by atoms with Gasteiger partial charge in [-0.2, -0.15) is 4.31 Å². The van der Waals surface area contributed by atoms with Gasteiger partial charge in [-0.1, -0.05) is 0 Å². The lowest BCUT2D eigenvalue weighted by molar-refractivity contribution is 0.153. The quantitative estimate of drug-likeness (QED) is 0.748. The third kappa shape index (κ3) is 3.91. The summed E-state index contributed by atoms with van der Waals surface area (Å²) in [4.78, 5) is 2.41. The second-order valence-electron chi connectivity index (χ2n) is 5.16. The fraction of sp³-hybridized carbons (Fsp3) is 1.00. The number of hydrogen-bond acceptors (Lipinski definition) is 4. The van der Waals surface area contributed by atoms with E-state index in [1.54, 1.807) is 4.31 Å². The third-order valence-electron chi connectivity index (χ3n) is 3.78. The van der Waals surface area contributed by atoms with Crippen molar-refractivity contribution >= 4 is 10.0 Å². The van der Waals surface area contributed by atoms with Crippen molar-refractivity contribution in [3.8, 4) is 0 Å². The Bertz CT molecular complexity index is 331. The van der Waals surface area contributed by atoms with Crippen LogP contribution in [0.5, 0.6) is 0 Å². The zero-order chi connectivity index (χ0) is 12.3. The number of piperazine rings is 1. The summed E-state index contributed by atoms with van der Waals surface area (Å²) >= 11 is 0. The van der Waals surface area contributed by atoms with Crippen LogP contribution in [0.25, 0.3) is 0 Å². The summed E-state index contributed by atoms with van der Waals surface area (Å²) in [5.74, 6) is 0.793. The number of hydrogen-bond donors (Lipinski definition) is 1. The molecule has 0 radical (unpaired) electrons. The van der Waals surface area contributed by atoms with E-state index in [1.165, 1.54) is 19.1 Å². The van der Waals surface area contributed by atoms with Crippen LogP contribution in [0, 0.1) is 5.92 Å². The van der Waals surface area contributed by atoms with Gasteiger partial charge in [-0.15, -0.1) is 0 Å². The first-order valence-corrected chi connectivity index (χ1v) is 8.29. The van der Waals surface area contributed by atoms with Crippen molar-refractivity contribution in [1.29, 1.82) is 0 Å². The van der Waals surface area contributed by atoms with Crippen LogP contribution >= 0.6 is 0 Å². The molecule has 0 bridgehead atoms. The Morgan fingerprint density at radius 2 is 1.71 bits per heavy atom. The van der Waals surface area contributed by atoms with Crippen LogP contribution < -0.4 is 5.32 Å². The second-order valence-corrected chi connectivity index (χ2v) is 7.14. The van der Waals surface area contributed by atoms with Crippen LogP contribution in [-0.4, -0.2) is 69.7 Å². The average Bonchev–Trinajstić information content (AvgIpc) is 2.30. The molecule has 0 aromatic carbocycles. The summed E-state index contributed by atoms with van der Waals surface area (Å²) in [6, 6.07) is 0. The van der Waals surface area contributed by atoms with E-state index in [-0.39, 0.29) is 0 Å². The van der Waals surface area contributed by atoms with Gasteiger partial charge in [-0.3, -0.25) is 0 Å². The Balaban J connectivity index is 1.75. The molecule has 0 amide bonds. The molecule has 2 rings (SSSR count). The van der Waals surface area contributed by atoms with Crippen molar-refractivity contribution in [3.63, 3.8) is 0 Å². The molecule has 100 valence electrons. The van der Waals surface area contributed by atoms with Crippen LogP contribution in [-0.2, 0) is 10.0 Å². The van der Waals surface area contributed by atoms with Crippen LogP contribution in [0.1, 0.15) is 12.8 Å². The van der Waals surface area contributed by atoms with E-state index in [1.807, 2.05) is 0 Å². The minimum Gasteiger partial charge on any atom is -0.317 e. The molecule has 2 heterocycles. The molecule has 0 aromatic rings. The number of rotatable bonds is 3. The largest absolute Gasteiger partial charge is 0.317 e. The van der Waals surface area contributed by atoms with Crippen molar-refractivity contribution in [2.24, 2.45) is 5.92 Å². The lowest BCUT2D eigenvalue weighted by atomic mass is 9.97. The fourth-order valence-corrected chi connectivity index (χ4v) is 3.50. The zero-order valence-corrected chi connectivity index (χ0v) is 11.4. The first-order valence-electron chi connectivity index (χ1n) is 6.44. The minimum absolute atomic E-state index is 0.657. The molecule has 6 heteroatoms. The zero-order valence-electron chi connectivity index (χ0n) is 10.6. The Morgan fingerprint density at radius 1 is 1.12 bits per heavy atom. The molecule has 1 N–H and O–H groups in total. The predicted molar refractivity (Wildman–Crippen MR) is 68.5 cm³/mol. The van der Waals surface area contributed by atoms with Crippen molar-refractivity contribution in [2.45, 2.75) is 12.8 Å². The molecule has 5 nitrogen and oxygen atoms in total. The Hall–Kier alpha value is -0.170. The van der Waals surface area contributed by atoms with E-state index in [2.05, 4.69) is 10.2 Å². The average molecular weight is 261 g/mol. The van der Waals surface area contributed by atoms with Gasteiger partial charge in [0.15, 0.2) is 0 Å². The lowest BCUT2D eigenvalue weighted by Gasteiger charge is -2.36. The highest BCUT2D eigenvalue weighted by Gasteiger charge is 2.25. The molecule has 2 aliphatic rings. The van der Waals surface area contributed by atoms with E-state index in [0.29, 0.717) is 13.1 Å².